The van der Waals surface area contributed by atoms with Gasteiger partial charge in [0.25, 0.3) is 0 Å². The molecule has 0 radical (unpaired) electrons. The molecule has 0 aromatic heterocycles. The molecule has 0 spiro atoms. The fourth-order valence-corrected chi connectivity index (χ4v) is 2.80. The van der Waals surface area contributed by atoms with E-state index in [4.69, 9.17) is 28.9 Å². The van der Waals surface area contributed by atoms with Crippen LogP contribution in [0.3, 0.4) is 0 Å². The maximum atomic E-state index is 11.9. The van der Waals surface area contributed by atoms with E-state index in [1.807, 2.05) is 37.3 Å². The number of rotatable bonds is 6. The van der Waals surface area contributed by atoms with Gasteiger partial charge < -0.3 is 11.1 Å². The first-order valence-corrected chi connectivity index (χ1v) is 8.28. The Morgan fingerprint density at radius 3 is 2.54 bits per heavy atom. The van der Waals surface area contributed by atoms with Crippen LogP contribution in [0.25, 0.3) is 11.1 Å². The minimum absolute atomic E-state index is 0. The molecule has 1 unspecified atom stereocenters. The molecule has 0 saturated heterocycles. The Hall–Kier alpha value is -1.26. The number of hydrogen-bond acceptors (Lipinski definition) is 2. The van der Waals surface area contributed by atoms with Gasteiger partial charge in [-0.2, -0.15) is 0 Å². The van der Waals surface area contributed by atoms with Gasteiger partial charge in [0.15, 0.2) is 0 Å². The molecular formula is C18H21Cl3N2O. The minimum atomic E-state index is -0.000642. The van der Waals surface area contributed by atoms with Gasteiger partial charge in [-0.1, -0.05) is 53.5 Å². The first-order chi connectivity index (χ1) is 11.0. The van der Waals surface area contributed by atoms with Crippen LogP contribution >= 0.6 is 35.6 Å². The van der Waals surface area contributed by atoms with E-state index in [1.54, 1.807) is 12.1 Å². The zero-order valence-corrected chi connectivity index (χ0v) is 15.7. The summed E-state index contributed by atoms with van der Waals surface area (Å²) in [7, 11) is 0. The topological polar surface area (TPSA) is 55.1 Å². The van der Waals surface area contributed by atoms with Gasteiger partial charge in [0.1, 0.15) is 0 Å². The van der Waals surface area contributed by atoms with Crippen molar-refractivity contribution in [3.05, 3.63) is 58.1 Å². The second-order valence-electron chi connectivity index (χ2n) is 5.57. The Kier molecular flexibility index (Phi) is 8.57. The fourth-order valence-electron chi connectivity index (χ4n) is 2.29. The van der Waals surface area contributed by atoms with Crippen LogP contribution in [0.1, 0.15) is 25.3 Å². The molecule has 2 aromatic rings. The highest BCUT2D eigenvalue weighted by Gasteiger charge is 2.10. The van der Waals surface area contributed by atoms with Crippen LogP contribution in [0, 0.1) is 0 Å². The Morgan fingerprint density at radius 1 is 1.17 bits per heavy atom. The number of hydrogen-bond donors (Lipinski definition) is 2. The van der Waals surface area contributed by atoms with E-state index in [0.717, 1.165) is 16.7 Å². The van der Waals surface area contributed by atoms with E-state index in [9.17, 15) is 4.79 Å². The van der Waals surface area contributed by atoms with Crippen molar-refractivity contribution in [3.63, 3.8) is 0 Å². The van der Waals surface area contributed by atoms with Crippen LogP contribution in [0.4, 0.5) is 0 Å². The van der Waals surface area contributed by atoms with E-state index in [2.05, 4.69) is 5.32 Å². The highest BCUT2D eigenvalue weighted by atomic mass is 35.5. The van der Waals surface area contributed by atoms with Crippen LogP contribution in [0.15, 0.2) is 42.5 Å². The molecule has 0 aliphatic rings. The lowest BCUT2D eigenvalue weighted by Gasteiger charge is -2.13. The van der Waals surface area contributed by atoms with Gasteiger partial charge in [0.05, 0.1) is 0 Å². The van der Waals surface area contributed by atoms with Gasteiger partial charge in [0.2, 0.25) is 5.91 Å². The first-order valence-electron chi connectivity index (χ1n) is 7.53. The molecule has 0 fully saturated rings. The van der Waals surface area contributed by atoms with E-state index < -0.39 is 0 Å². The van der Waals surface area contributed by atoms with Crippen LogP contribution in [-0.2, 0) is 11.3 Å². The molecule has 0 bridgehead atoms. The average molecular weight is 388 g/mol. The number of halogens is 3. The van der Waals surface area contributed by atoms with Gasteiger partial charge >= 0.3 is 0 Å². The Bertz CT molecular complexity index is 690. The summed E-state index contributed by atoms with van der Waals surface area (Å²) in [6.45, 7) is 2.35. The van der Waals surface area contributed by atoms with Crippen LogP contribution in [0.5, 0.6) is 0 Å². The van der Waals surface area contributed by atoms with Crippen LogP contribution in [-0.4, -0.2) is 11.9 Å². The number of carbonyl (C=O) groups excluding carboxylic acids is 1. The molecule has 2 aromatic carbocycles. The van der Waals surface area contributed by atoms with Crippen molar-refractivity contribution >= 4 is 41.5 Å². The molecule has 0 aliphatic carbocycles. The first kappa shape index (κ1) is 20.8. The predicted molar refractivity (Wildman–Crippen MR) is 104 cm³/mol. The molecule has 0 heterocycles. The van der Waals surface area contributed by atoms with Crippen molar-refractivity contribution in [1.29, 1.82) is 0 Å². The van der Waals surface area contributed by atoms with Gasteiger partial charge in [-0.15, -0.1) is 12.4 Å². The number of nitrogens with one attached hydrogen (secondary N) is 1. The lowest BCUT2D eigenvalue weighted by molar-refractivity contribution is -0.121. The normalized spacial score (nSPS) is 11.5. The summed E-state index contributed by atoms with van der Waals surface area (Å²) in [4.78, 5) is 11.9. The van der Waals surface area contributed by atoms with Gasteiger partial charge in [-0.25, -0.2) is 0 Å². The molecule has 1 atom stereocenters. The van der Waals surface area contributed by atoms with Crippen LogP contribution in [0.2, 0.25) is 10.0 Å². The largest absolute Gasteiger partial charge is 0.352 e. The zero-order valence-electron chi connectivity index (χ0n) is 13.4. The molecule has 24 heavy (non-hydrogen) atoms. The molecule has 3 nitrogen and oxygen atoms in total. The van der Waals surface area contributed by atoms with Crippen molar-refractivity contribution < 1.29 is 4.79 Å². The van der Waals surface area contributed by atoms with Crippen molar-refractivity contribution in [3.8, 4) is 11.1 Å². The predicted octanol–water partition coefficient (Wildman–Crippen LogP) is 4.83. The molecule has 1 amide bonds. The van der Waals surface area contributed by atoms with E-state index in [-0.39, 0.29) is 24.4 Å². The second kappa shape index (κ2) is 9.90. The van der Waals surface area contributed by atoms with E-state index >= 15 is 0 Å². The SMILES string of the molecule is CC(N)CCC(=O)NCc1ccccc1-c1ccc(Cl)cc1Cl.Cl. The molecular weight excluding hydrogens is 367 g/mol. The summed E-state index contributed by atoms with van der Waals surface area (Å²) in [5.41, 5.74) is 8.56. The third kappa shape index (κ3) is 5.99. The summed E-state index contributed by atoms with van der Waals surface area (Å²) in [6.07, 6.45) is 1.11. The molecule has 130 valence electrons. The highest BCUT2D eigenvalue weighted by molar-refractivity contribution is 6.36. The number of amides is 1. The fraction of sp³-hybridized carbons (Fsp3) is 0.278. The summed E-state index contributed by atoms with van der Waals surface area (Å²) >= 11 is 12.3. The second-order valence-corrected chi connectivity index (χ2v) is 6.42. The van der Waals surface area contributed by atoms with Gasteiger partial charge in [-0.05, 0) is 36.6 Å². The standard InChI is InChI=1S/C18H20Cl2N2O.ClH/c1-12(21)6-9-18(23)22-11-13-4-2-3-5-15(13)16-8-7-14(19)10-17(16)20;/h2-5,7-8,10,12H,6,9,11,21H2,1H3,(H,22,23);1H. The maximum Gasteiger partial charge on any atom is 0.220 e. The molecule has 2 rings (SSSR count). The molecule has 0 saturated carbocycles. The summed E-state index contributed by atoms with van der Waals surface area (Å²) in [6, 6.07) is 13.3. The van der Waals surface area contributed by atoms with Crippen molar-refractivity contribution in [1.82, 2.24) is 5.32 Å². The minimum Gasteiger partial charge on any atom is -0.352 e. The average Bonchev–Trinajstić information content (AvgIpc) is 2.51. The van der Waals surface area contributed by atoms with Crippen molar-refractivity contribution in [2.24, 2.45) is 5.73 Å². The van der Waals surface area contributed by atoms with Gasteiger partial charge in [0, 0.05) is 34.6 Å². The van der Waals surface area contributed by atoms with E-state index in [0.29, 0.717) is 29.4 Å². The Labute approximate surface area is 158 Å². The zero-order chi connectivity index (χ0) is 16.8. The summed E-state index contributed by atoms with van der Waals surface area (Å²) < 4.78 is 0. The molecule has 6 heteroatoms. The van der Waals surface area contributed by atoms with Crippen molar-refractivity contribution in [2.75, 3.05) is 0 Å². The molecule has 0 aliphatic heterocycles. The van der Waals surface area contributed by atoms with Gasteiger partial charge in [-0.3, -0.25) is 4.79 Å². The monoisotopic (exact) mass is 386 g/mol. The number of nitrogens with two attached hydrogens (primary N) is 1. The Morgan fingerprint density at radius 2 is 1.88 bits per heavy atom. The smallest absolute Gasteiger partial charge is 0.220 e. The van der Waals surface area contributed by atoms with Crippen LogP contribution < -0.4 is 11.1 Å². The highest BCUT2D eigenvalue weighted by Crippen LogP contribution is 2.32. The maximum absolute atomic E-state index is 11.9. The third-order valence-corrected chi connectivity index (χ3v) is 4.09. The summed E-state index contributed by atoms with van der Waals surface area (Å²) in [5, 5.41) is 4.12. The Balaban J connectivity index is 0.00000288. The molecule has 3 N–H and O–H groups in total. The lowest BCUT2D eigenvalue weighted by atomic mass is 9.99. The quantitative estimate of drug-likeness (QED) is 0.746. The summed E-state index contributed by atoms with van der Waals surface area (Å²) in [5.74, 6) is -0.000642. The third-order valence-electron chi connectivity index (χ3n) is 3.54. The number of benzene rings is 2. The van der Waals surface area contributed by atoms with Crippen molar-refractivity contribution in [2.45, 2.75) is 32.4 Å². The van der Waals surface area contributed by atoms with E-state index in [1.165, 1.54) is 0 Å². The lowest BCUT2D eigenvalue weighted by Crippen LogP contribution is -2.25. The number of carbonyl (C=O) groups is 1.